The normalized spacial score (nSPS) is 24.0. The number of aliphatic hydroxyl groups is 1. The van der Waals surface area contributed by atoms with E-state index in [4.69, 9.17) is 24.2 Å². The summed E-state index contributed by atoms with van der Waals surface area (Å²) in [5, 5.41) is 27.0. The maximum atomic E-state index is 14.9. The van der Waals surface area contributed by atoms with Crippen LogP contribution in [0.25, 0.3) is 11.0 Å². The molecule has 0 bridgehead atoms. The van der Waals surface area contributed by atoms with Gasteiger partial charge in [-0.2, -0.15) is 0 Å². The topological polar surface area (TPSA) is 227 Å². The summed E-state index contributed by atoms with van der Waals surface area (Å²) in [6.07, 6.45) is 11.7. The first kappa shape index (κ1) is 58.0. The van der Waals surface area contributed by atoms with Crippen molar-refractivity contribution in [2.75, 3.05) is 124 Å². The quantitative estimate of drug-likeness (QED) is 0.0558. The first-order valence-corrected chi connectivity index (χ1v) is 32.3. The van der Waals surface area contributed by atoms with E-state index in [0.717, 1.165) is 142 Å². The summed E-state index contributed by atoms with van der Waals surface area (Å²) < 4.78 is 48.5. The fourth-order valence-electron chi connectivity index (χ4n) is 14.8. The zero-order chi connectivity index (χ0) is 59.3. The lowest BCUT2D eigenvalue weighted by atomic mass is 9.59. The van der Waals surface area contributed by atoms with Gasteiger partial charge in [0.05, 0.1) is 71.9 Å². The third-order valence-corrected chi connectivity index (χ3v) is 21.2. The second-order valence-electron chi connectivity index (χ2n) is 25.4. The summed E-state index contributed by atoms with van der Waals surface area (Å²) >= 11 is 0. The smallest absolute Gasteiger partial charge is 0.293 e. The Bertz CT molecular complexity index is 3590. The van der Waals surface area contributed by atoms with Gasteiger partial charge < -0.3 is 49.2 Å². The molecule has 3 aromatic carbocycles. The van der Waals surface area contributed by atoms with E-state index in [1.54, 1.807) is 13.2 Å². The molecule has 0 radical (unpaired) electrons. The first-order valence-electron chi connectivity index (χ1n) is 30.8. The van der Waals surface area contributed by atoms with Crippen LogP contribution in [-0.2, 0) is 26.0 Å². The number of hydrogen-bond acceptors (Lipinski definition) is 18. The summed E-state index contributed by atoms with van der Waals surface area (Å²) in [6, 6.07) is 25.2. The second kappa shape index (κ2) is 23.9. The number of methoxy groups -OCH3 is 1. The molecular formula is C64H80N12O9S. The number of morpholine rings is 2. The number of carbonyl (C=O) groups is 1. The minimum Gasteiger partial charge on any atom is -0.493 e. The molecule has 21 nitrogen and oxygen atoms in total. The molecule has 1 amide bonds. The highest BCUT2D eigenvalue weighted by atomic mass is 32.2. The van der Waals surface area contributed by atoms with E-state index >= 15 is 0 Å². The predicted molar refractivity (Wildman–Crippen MR) is 332 cm³/mol. The van der Waals surface area contributed by atoms with Crippen molar-refractivity contribution in [3.05, 3.63) is 124 Å². The highest BCUT2D eigenvalue weighted by Gasteiger charge is 2.50. The number of aromatic amines is 1. The number of amides is 1. The van der Waals surface area contributed by atoms with Gasteiger partial charge in [0, 0.05) is 114 Å². The van der Waals surface area contributed by atoms with E-state index in [9.17, 15) is 28.4 Å². The zero-order valence-electron chi connectivity index (χ0n) is 49.6. The molecule has 6 aromatic rings. The molecule has 4 saturated heterocycles. The number of aryl methyl sites for hydroxylation is 1. The Hall–Kier alpha value is -7.08. The number of anilines is 6. The lowest BCUT2D eigenvalue weighted by Crippen LogP contribution is -2.59. The Labute approximate surface area is 503 Å². The number of nitrogens with zero attached hydrogens (tertiary/aromatic N) is 9. The van der Waals surface area contributed by atoms with Crippen LogP contribution in [-0.4, -0.2) is 166 Å². The Morgan fingerprint density at radius 1 is 0.860 bits per heavy atom. The summed E-state index contributed by atoms with van der Waals surface area (Å²) in [4.78, 5) is 54.1. The molecule has 456 valence electrons. The van der Waals surface area contributed by atoms with Crippen LogP contribution in [0.3, 0.4) is 0 Å². The average molecular weight is 1190 g/mol. The molecular weight excluding hydrogens is 1110 g/mol. The molecule has 1 spiro atoms. The van der Waals surface area contributed by atoms with Crippen molar-refractivity contribution in [2.45, 2.75) is 107 Å². The summed E-state index contributed by atoms with van der Waals surface area (Å²) in [7, 11) is -2.90. The molecule has 2 atom stereocenters. The number of pyridine rings is 2. The molecule has 13 rings (SSSR count). The number of sulfonamides is 1. The van der Waals surface area contributed by atoms with Crippen molar-refractivity contribution in [1.82, 2.24) is 29.5 Å². The molecule has 3 aromatic heterocycles. The van der Waals surface area contributed by atoms with E-state index in [1.807, 2.05) is 37.5 Å². The number of piperidine rings is 1. The molecule has 4 N–H and O–H groups in total. The lowest BCUT2D eigenvalue weighted by molar-refractivity contribution is -0.384. The van der Waals surface area contributed by atoms with Crippen LogP contribution in [0.4, 0.5) is 40.1 Å². The number of aromatic nitrogens is 3. The number of fused-ring (bicyclic) bond motifs is 4. The van der Waals surface area contributed by atoms with Crippen molar-refractivity contribution in [3.8, 4) is 5.75 Å². The van der Waals surface area contributed by atoms with Crippen LogP contribution in [0.5, 0.6) is 5.75 Å². The van der Waals surface area contributed by atoms with Crippen LogP contribution < -0.4 is 34.4 Å². The predicted octanol–water partition coefficient (Wildman–Crippen LogP) is 8.55. The molecule has 86 heavy (non-hydrogen) atoms. The average Bonchev–Trinajstić information content (AvgIpc) is 1.56. The maximum absolute atomic E-state index is 14.9. The van der Waals surface area contributed by atoms with Gasteiger partial charge in [-0.3, -0.25) is 24.7 Å². The van der Waals surface area contributed by atoms with Gasteiger partial charge in [-0.25, -0.2) is 23.1 Å². The highest BCUT2D eigenvalue weighted by Crippen LogP contribution is 2.54. The van der Waals surface area contributed by atoms with Crippen LogP contribution in [0, 0.1) is 28.4 Å². The summed E-state index contributed by atoms with van der Waals surface area (Å²) in [6.45, 7) is 14.9. The monoisotopic (exact) mass is 1190 g/mol. The lowest BCUT2D eigenvalue weighted by Gasteiger charge is -2.58. The minimum atomic E-state index is -4.63. The van der Waals surface area contributed by atoms with Crippen molar-refractivity contribution < 1.29 is 37.5 Å². The second-order valence-corrected chi connectivity index (χ2v) is 27.0. The number of rotatable bonds is 15. The van der Waals surface area contributed by atoms with E-state index in [0.29, 0.717) is 77.1 Å². The number of piperazine rings is 1. The third kappa shape index (κ3) is 11.8. The fourth-order valence-corrected chi connectivity index (χ4v) is 15.8. The van der Waals surface area contributed by atoms with Gasteiger partial charge in [0.25, 0.3) is 21.6 Å². The molecule has 8 heterocycles. The Balaban J connectivity index is 0.737. The van der Waals surface area contributed by atoms with Crippen LogP contribution in [0.1, 0.15) is 97.8 Å². The van der Waals surface area contributed by atoms with E-state index in [1.165, 1.54) is 23.3 Å². The number of nitrogens with one attached hydrogen (secondary N) is 3. The number of nitro benzene ring substituents is 1. The summed E-state index contributed by atoms with van der Waals surface area (Å²) in [5.41, 5.74) is 6.24. The number of hydrogen-bond donors (Lipinski definition) is 4. The van der Waals surface area contributed by atoms with Crippen LogP contribution in [0.15, 0.2) is 96.2 Å². The number of benzene rings is 3. The SMILES string of the molecule is COc1cc(CN2CCN(C3CC4(CCN(c5ccc(C(=O)NS(=O)(=O)c6ccc(NCC7CCC(C)(O)CC7)c([N+](=O)[O-])c6)c(N6CC[C@H]7COCCN7c7nc8[nH]ccc8cc76)c5)CC4)C3)[C@H](c3ccccc3C)C2)cnc1N1CCOCC1. The summed E-state index contributed by atoms with van der Waals surface area (Å²) in [5.74, 6) is 1.77. The van der Waals surface area contributed by atoms with E-state index in [2.05, 4.69) is 87.7 Å². The fraction of sp³-hybridized carbons (Fsp3) is 0.516. The molecule has 6 fully saturated rings. The van der Waals surface area contributed by atoms with Gasteiger partial charge in [-0.1, -0.05) is 24.3 Å². The number of H-pyrrole nitrogens is 1. The number of carbonyl (C=O) groups excluding carboxylic acids is 1. The van der Waals surface area contributed by atoms with Crippen molar-refractivity contribution in [3.63, 3.8) is 0 Å². The van der Waals surface area contributed by atoms with Gasteiger partial charge in [-0.15, -0.1) is 0 Å². The minimum absolute atomic E-state index is 0.0205. The Kier molecular flexibility index (Phi) is 16.1. The molecule has 7 aliphatic rings. The first-order chi connectivity index (χ1) is 41.6. The van der Waals surface area contributed by atoms with Gasteiger partial charge in [0.15, 0.2) is 17.4 Å². The van der Waals surface area contributed by atoms with Crippen molar-refractivity contribution in [2.24, 2.45) is 11.3 Å². The Morgan fingerprint density at radius 3 is 2.43 bits per heavy atom. The molecule has 22 heteroatoms. The van der Waals surface area contributed by atoms with Crippen molar-refractivity contribution in [1.29, 1.82) is 0 Å². The standard InChI is InChI=1S/C64H80N12O9S/c1-43-6-4-5-7-51(43)57-41-70(40-45-32-58(83-3)61(67-39-45)72-26-29-84-30-27-72)24-25-73(57)49-36-64(37-49)18-22-71(23-19-64)47-8-10-52(54(34-47)75-21-15-48-42-85-31-28-74(48)60-56(75)33-46-14-20-65-59(46)68-60)62(77)69-86(81,82)50-9-11-53(55(35-50)76(79)80)66-38-44-12-16-63(2,78)17-13-44/h4-11,14,20,32-35,39,44,48-49,57,66,78H,12-13,15-19,21-31,36-38,40-42H2,1-3H3,(H,65,68)(H,69,77)/t44?,48-,57-,63?/m0/s1. The molecule has 5 aliphatic heterocycles. The van der Waals surface area contributed by atoms with Gasteiger partial charge >= 0.3 is 0 Å². The van der Waals surface area contributed by atoms with E-state index < -0.39 is 37.0 Å². The zero-order valence-corrected chi connectivity index (χ0v) is 50.4. The number of nitro groups is 1. The van der Waals surface area contributed by atoms with Gasteiger partial charge in [0.2, 0.25) is 0 Å². The number of ether oxygens (including phenoxy) is 3. The third-order valence-electron chi connectivity index (χ3n) is 19.8. The molecule has 0 unspecified atom stereocenters. The van der Waals surface area contributed by atoms with Gasteiger partial charge in [0.1, 0.15) is 11.3 Å². The largest absolute Gasteiger partial charge is 0.493 e. The van der Waals surface area contributed by atoms with Crippen LogP contribution >= 0.6 is 0 Å². The highest BCUT2D eigenvalue weighted by molar-refractivity contribution is 7.90. The molecule has 2 saturated carbocycles. The van der Waals surface area contributed by atoms with E-state index in [-0.39, 0.29) is 34.7 Å². The van der Waals surface area contributed by atoms with Crippen molar-refractivity contribution >= 4 is 67.0 Å². The maximum Gasteiger partial charge on any atom is 0.293 e. The van der Waals surface area contributed by atoms with Crippen LogP contribution in [0.2, 0.25) is 0 Å². The Morgan fingerprint density at radius 2 is 1.65 bits per heavy atom. The molecule has 2 aliphatic carbocycles. The van der Waals surface area contributed by atoms with Gasteiger partial charge in [-0.05, 0) is 148 Å².